The van der Waals surface area contributed by atoms with Crippen LogP contribution in [0.15, 0.2) is 34.8 Å². The minimum absolute atomic E-state index is 0.0195. The van der Waals surface area contributed by atoms with Crippen molar-refractivity contribution in [2.24, 2.45) is 0 Å². The number of rotatable bonds is 2. The first kappa shape index (κ1) is 11.4. The highest BCUT2D eigenvalue weighted by molar-refractivity contribution is 9.10. The first-order chi connectivity index (χ1) is 7.58. The zero-order chi connectivity index (χ0) is 11.7. The number of hydrogen-bond donors (Lipinski definition) is 1. The molecule has 0 saturated carbocycles. The minimum atomic E-state index is 0.0195. The predicted octanol–water partition coefficient (Wildman–Crippen LogP) is 3.63. The maximum Gasteiger partial charge on any atom is 0.203 e. The Morgan fingerprint density at radius 1 is 1.38 bits per heavy atom. The van der Waals surface area contributed by atoms with E-state index in [1.807, 2.05) is 13.0 Å². The van der Waals surface area contributed by atoms with Gasteiger partial charge in [-0.2, -0.15) is 0 Å². The molecule has 0 amide bonds. The van der Waals surface area contributed by atoms with E-state index in [4.69, 9.17) is 5.73 Å². The minimum Gasteiger partial charge on any atom is -0.399 e. The quantitative estimate of drug-likeness (QED) is 0.679. The number of ketones is 1. The van der Waals surface area contributed by atoms with Gasteiger partial charge in [-0.05, 0) is 41.1 Å². The Bertz CT molecular complexity index is 528. The van der Waals surface area contributed by atoms with Gasteiger partial charge in [0, 0.05) is 20.6 Å². The molecule has 0 aliphatic heterocycles. The normalized spacial score (nSPS) is 10.4. The smallest absolute Gasteiger partial charge is 0.203 e. The van der Waals surface area contributed by atoms with Crippen molar-refractivity contribution in [2.75, 3.05) is 5.73 Å². The maximum absolute atomic E-state index is 12.1. The molecule has 2 aromatic rings. The molecule has 4 heteroatoms. The molecule has 0 unspecified atom stereocenters. The zero-order valence-electron chi connectivity index (χ0n) is 8.66. The topological polar surface area (TPSA) is 43.1 Å². The molecule has 0 bridgehead atoms. The van der Waals surface area contributed by atoms with Crippen LogP contribution in [0.5, 0.6) is 0 Å². The molecule has 1 aromatic carbocycles. The lowest BCUT2D eigenvalue weighted by Gasteiger charge is -1.98. The highest BCUT2D eigenvalue weighted by Crippen LogP contribution is 2.28. The van der Waals surface area contributed by atoms with E-state index in [0.29, 0.717) is 11.3 Å². The third-order valence-electron chi connectivity index (χ3n) is 2.23. The van der Waals surface area contributed by atoms with Gasteiger partial charge in [-0.1, -0.05) is 12.1 Å². The number of carbonyl (C=O) groups excluding carboxylic acids is 1. The number of halogens is 1. The van der Waals surface area contributed by atoms with E-state index in [-0.39, 0.29) is 5.78 Å². The molecule has 82 valence electrons. The second kappa shape index (κ2) is 4.39. The summed E-state index contributed by atoms with van der Waals surface area (Å²) in [5.41, 5.74) is 6.89. The Balaban J connectivity index is 2.39. The largest absolute Gasteiger partial charge is 0.399 e. The predicted molar refractivity (Wildman–Crippen MR) is 71.0 cm³/mol. The summed E-state index contributed by atoms with van der Waals surface area (Å²) in [5, 5.41) is 0. The van der Waals surface area contributed by atoms with Gasteiger partial charge in [-0.3, -0.25) is 4.79 Å². The third kappa shape index (κ3) is 2.18. The fourth-order valence-corrected chi connectivity index (χ4v) is 2.89. The molecule has 0 aliphatic carbocycles. The van der Waals surface area contributed by atoms with E-state index in [1.165, 1.54) is 11.3 Å². The molecule has 0 saturated heterocycles. The van der Waals surface area contributed by atoms with Gasteiger partial charge in [-0.15, -0.1) is 11.3 Å². The van der Waals surface area contributed by atoms with Gasteiger partial charge in [0.15, 0.2) is 0 Å². The van der Waals surface area contributed by atoms with Crippen LogP contribution in [0.3, 0.4) is 0 Å². The highest BCUT2D eigenvalue weighted by Gasteiger charge is 2.13. The summed E-state index contributed by atoms with van der Waals surface area (Å²) in [7, 11) is 0. The molecule has 0 atom stereocenters. The van der Waals surface area contributed by atoms with E-state index >= 15 is 0 Å². The number of anilines is 1. The van der Waals surface area contributed by atoms with Crippen LogP contribution < -0.4 is 5.73 Å². The van der Waals surface area contributed by atoms with Gasteiger partial charge in [0.05, 0.1) is 4.88 Å². The van der Waals surface area contributed by atoms with E-state index in [2.05, 4.69) is 15.9 Å². The number of hydrogen-bond acceptors (Lipinski definition) is 3. The summed E-state index contributed by atoms with van der Waals surface area (Å²) >= 11 is 4.89. The average Bonchev–Trinajstić information content (AvgIpc) is 2.58. The average molecular weight is 296 g/mol. The van der Waals surface area contributed by atoms with Gasteiger partial charge >= 0.3 is 0 Å². The van der Waals surface area contributed by atoms with Crippen molar-refractivity contribution in [1.82, 2.24) is 0 Å². The first-order valence-electron chi connectivity index (χ1n) is 4.74. The lowest BCUT2D eigenvalue weighted by atomic mass is 10.1. The monoisotopic (exact) mass is 295 g/mol. The van der Waals surface area contributed by atoms with Crippen molar-refractivity contribution >= 4 is 38.7 Å². The SMILES string of the molecule is Cc1sc(C(=O)c2cccc(N)c2)cc1Br. The van der Waals surface area contributed by atoms with Gasteiger partial charge in [-0.25, -0.2) is 0 Å². The third-order valence-corrected chi connectivity index (χ3v) is 4.37. The summed E-state index contributed by atoms with van der Waals surface area (Å²) in [6, 6.07) is 8.89. The van der Waals surface area contributed by atoms with E-state index < -0.39 is 0 Å². The van der Waals surface area contributed by atoms with Gasteiger partial charge in [0.1, 0.15) is 0 Å². The summed E-state index contributed by atoms with van der Waals surface area (Å²) in [5.74, 6) is 0.0195. The molecule has 0 spiro atoms. The molecular formula is C12H10BrNOS. The zero-order valence-corrected chi connectivity index (χ0v) is 11.1. The second-order valence-corrected chi connectivity index (χ2v) is 5.58. The number of carbonyl (C=O) groups is 1. The summed E-state index contributed by atoms with van der Waals surface area (Å²) in [6.07, 6.45) is 0. The molecule has 16 heavy (non-hydrogen) atoms. The maximum atomic E-state index is 12.1. The molecule has 2 rings (SSSR count). The fourth-order valence-electron chi connectivity index (χ4n) is 1.39. The number of aryl methyl sites for hydroxylation is 1. The Kier molecular flexibility index (Phi) is 3.12. The van der Waals surface area contributed by atoms with Crippen molar-refractivity contribution in [3.8, 4) is 0 Å². The molecule has 0 radical (unpaired) electrons. The highest BCUT2D eigenvalue weighted by atomic mass is 79.9. The van der Waals surface area contributed by atoms with Crippen molar-refractivity contribution in [1.29, 1.82) is 0 Å². The Morgan fingerprint density at radius 3 is 2.69 bits per heavy atom. The van der Waals surface area contributed by atoms with Gasteiger partial charge in [0.25, 0.3) is 0 Å². The Labute approximate surface area is 106 Å². The Morgan fingerprint density at radius 2 is 2.12 bits per heavy atom. The van der Waals surface area contributed by atoms with Crippen LogP contribution in [0.1, 0.15) is 20.1 Å². The lowest BCUT2D eigenvalue weighted by Crippen LogP contribution is -1.99. The molecule has 1 heterocycles. The molecule has 0 fully saturated rings. The van der Waals surface area contributed by atoms with Crippen LogP contribution >= 0.6 is 27.3 Å². The lowest BCUT2D eigenvalue weighted by molar-refractivity contribution is 0.104. The summed E-state index contributed by atoms with van der Waals surface area (Å²) in [4.78, 5) is 13.9. The van der Waals surface area contributed by atoms with Crippen molar-refractivity contribution in [3.63, 3.8) is 0 Å². The van der Waals surface area contributed by atoms with Crippen LogP contribution in [-0.2, 0) is 0 Å². The standard InChI is InChI=1S/C12H10BrNOS/c1-7-10(13)6-11(16-7)12(15)8-3-2-4-9(14)5-8/h2-6H,14H2,1H3. The molecule has 2 nitrogen and oxygen atoms in total. The number of nitrogen functional groups attached to an aromatic ring is 1. The number of nitrogens with two attached hydrogens (primary N) is 1. The number of thiophene rings is 1. The van der Waals surface area contributed by atoms with Crippen LogP contribution in [-0.4, -0.2) is 5.78 Å². The molecule has 0 aliphatic rings. The first-order valence-corrected chi connectivity index (χ1v) is 6.35. The van der Waals surface area contributed by atoms with Crippen molar-refractivity contribution < 1.29 is 4.79 Å². The van der Waals surface area contributed by atoms with Crippen LogP contribution in [0.25, 0.3) is 0 Å². The van der Waals surface area contributed by atoms with Crippen LogP contribution in [0.2, 0.25) is 0 Å². The van der Waals surface area contributed by atoms with E-state index in [9.17, 15) is 4.79 Å². The summed E-state index contributed by atoms with van der Waals surface area (Å²) < 4.78 is 0.977. The number of benzene rings is 1. The summed E-state index contributed by atoms with van der Waals surface area (Å²) in [6.45, 7) is 1.98. The molecular weight excluding hydrogens is 286 g/mol. The molecule has 2 N–H and O–H groups in total. The van der Waals surface area contributed by atoms with Crippen LogP contribution in [0, 0.1) is 6.92 Å². The van der Waals surface area contributed by atoms with Gasteiger partial charge in [0.2, 0.25) is 5.78 Å². The molecule has 1 aromatic heterocycles. The second-order valence-electron chi connectivity index (χ2n) is 3.47. The van der Waals surface area contributed by atoms with Crippen molar-refractivity contribution in [2.45, 2.75) is 6.92 Å². The van der Waals surface area contributed by atoms with E-state index in [0.717, 1.165) is 14.2 Å². The van der Waals surface area contributed by atoms with Gasteiger partial charge < -0.3 is 5.73 Å². The van der Waals surface area contributed by atoms with Crippen molar-refractivity contribution in [3.05, 3.63) is 50.1 Å². The fraction of sp³-hybridized carbons (Fsp3) is 0.0833. The van der Waals surface area contributed by atoms with Crippen LogP contribution in [0.4, 0.5) is 5.69 Å². The van der Waals surface area contributed by atoms with E-state index in [1.54, 1.807) is 24.3 Å². The Hall–Kier alpha value is -1.13.